The Morgan fingerprint density at radius 3 is 2.76 bits per heavy atom. The van der Waals surface area contributed by atoms with Crippen LogP contribution in [-0.2, 0) is 4.79 Å². The van der Waals surface area contributed by atoms with E-state index in [2.05, 4.69) is 10.9 Å². The van der Waals surface area contributed by atoms with Crippen LogP contribution in [0.5, 0.6) is 0 Å². The molecule has 8 heteroatoms. The smallest absolute Gasteiger partial charge is 0.273 e. The van der Waals surface area contributed by atoms with E-state index >= 15 is 0 Å². The molecule has 2 aromatic heterocycles. The average molecular weight is 361 g/mol. The zero-order valence-corrected chi connectivity index (χ0v) is 14.6. The summed E-state index contributed by atoms with van der Waals surface area (Å²) in [7, 11) is 0. The summed E-state index contributed by atoms with van der Waals surface area (Å²) in [5, 5.41) is 1.83. The number of hydrazine groups is 1. The van der Waals surface area contributed by atoms with Crippen LogP contribution in [0.15, 0.2) is 34.3 Å². The largest absolute Gasteiger partial charge is 0.469 e. The van der Waals surface area contributed by atoms with Gasteiger partial charge in [0.15, 0.2) is 0 Å². The van der Waals surface area contributed by atoms with Crippen LogP contribution in [0.25, 0.3) is 0 Å². The van der Waals surface area contributed by atoms with Crippen molar-refractivity contribution in [2.75, 3.05) is 6.54 Å². The number of thiophene rings is 1. The molecule has 0 aromatic carbocycles. The molecule has 3 amide bonds. The summed E-state index contributed by atoms with van der Waals surface area (Å²) >= 11 is 1.35. The second-order valence-electron chi connectivity index (χ2n) is 5.82. The highest BCUT2D eigenvalue weighted by molar-refractivity contribution is 7.12. The van der Waals surface area contributed by atoms with Gasteiger partial charge in [0.25, 0.3) is 17.7 Å². The van der Waals surface area contributed by atoms with Crippen molar-refractivity contribution in [1.82, 2.24) is 15.8 Å². The van der Waals surface area contributed by atoms with Crippen molar-refractivity contribution < 1.29 is 18.8 Å². The highest BCUT2D eigenvalue weighted by Gasteiger charge is 2.33. The molecule has 1 unspecified atom stereocenters. The van der Waals surface area contributed by atoms with Crippen molar-refractivity contribution in [3.8, 4) is 0 Å². The second-order valence-corrected chi connectivity index (χ2v) is 6.77. The van der Waals surface area contributed by atoms with Gasteiger partial charge in [-0.2, -0.15) is 0 Å². The Morgan fingerprint density at radius 1 is 1.24 bits per heavy atom. The molecular formula is C17H19N3O4S. The highest BCUT2D eigenvalue weighted by atomic mass is 32.1. The SMILES string of the molecule is Cc1occc1C(=O)NNC(=O)C1CCCCN1C(=O)c1cccs1. The monoisotopic (exact) mass is 361 g/mol. The predicted octanol–water partition coefficient (Wildman–Crippen LogP) is 2.11. The maximum absolute atomic E-state index is 12.6. The van der Waals surface area contributed by atoms with Gasteiger partial charge in [-0.1, -0.05) is 6.07 Å². The maximum Gasteiger partial charge on any atom is 0.273 e. The minimum Gasteiger partial charge on any atom is -0.469 e. The van der Waals surface area contributed by atoms with E-state index in [1.54, 1.807) is 17.9 Å². The van der Waals surface area contributed by atoms with Gasteiger partial charge < -0.3 is 9.32 Å². The average Bonchev–Trinajstić information content (AvgIpc) is 3.30. The molecule has 132 valence electrons. The Kier molecular flexibility index (Phi) is 5.18. The number of likely N-dealkylation sites (tertiary alicyclic amines) is 1. The minimum atomic E-state index is -0.589. The quantitative estimate of drug-likeness (QED) is 0.819. The summed E-state index contributed by atoms with van der Waals surface area (Å²) in [5.41, 5.74) is 5.17. The van der Waals surface area contributed by atoms with E-state index in [0.29, 0.717) is 29.2 Å². The number of piperidine rings is 1. The van der Waals surface area contributed by atoms with Crippen LogP contribution in [0, 0.1) is 6.92 Å². The summed E-state index contributed by atoms with van der Waals surface area (Å²) in [5.74, 6) is -0.517. The number of nitrogens with one attached hydrogen (secondary N) is 2. The van der Waals surface area contributed by atoms with Gasteiger partial charge >= 0.3 is 0 Å². The molecule has 0 aliphatic carbocycles. The summed E-state index contributed by atoms with van der Waals surface area (Å²) in [6.45, 7) is 2.20. The molecule has 1 fully saturated rings. The van der Waals surface area contributed by atoms with Crippen LogP contribution >= 0.6 is 11.3 Å². The lowest BCUT2D eigenvalue weighted by molar-refractivity contribution is -0.127. The zero-order valence-electron chi connectivity index (χ0n) is 13.8. The first-order valence-corrected chi connectivity index (χ1v) is 8.94. The Hall–Kier alpha value is -2.61. The summed E-state index contributed by atoms with van der Waals surface area (Å²) in [6.07, 6.45) is 3.71. The fourth-order valence-corrected chi connectivity index (χ4v) is 3.56. The van der Waals surface area contributed by atoms with Crippen LogP contribution in [0.4, 0.5) is 0 Å². The molecule has 1 aliphatic rings. The van der Waals surface area contributed by atoms with Gasteiger partial charge in [-0.05, 0) is 43.7 Å². The highest BCUT2D eigenvalue weighted by Crippen LogP contribution is 2.21. The first-order chi connectivity index (χ1) is 12.1. The minimum absolute atomic E-state index is 0.146. The number of furan rings is 1. The van der Waals surface area contributed by atoms with E-state index in [1.165, 1.54) is 23.7 Å². The Bertz CT molecular complexity index is 769. The second kappa shape index (κ2) is 7.52. The fraction of sp³-hybridized carbons (Fsp3) is 0.353. The van der Waals surface area contributed by atoms with Gasteiger partial charge in [-0.25, -0.2) is 0 Å². The third-order valence-corrected chi connectivity index (χ3v) is 5.06. The number of carbonyl (C=O) groups excluding carboxylic acids is 3. The predicted molar refractivity (Wildman–Crippen MR) is 92.0 cm³/mol. The lowest BCUT2D eigenvalue weighted by atomic mass is 10.0. The van der Waals surface area contributed by atoms with Crippen molar-refractivity contribution >= 4 is 29.1 Å². The van der Waals surface area contributed by atoms with Gasteiger partial charge in [0.1, 0.15) is 11.8 Å². The van der Waals surface area contributed by atoms with Gasteiger partial charge in [0.2, 0.25) is 0 Å². The van der Waals surface area contributed by atoms with Crippen LogP contribution in [-0.4, -0.2) is 35.2 Å². The summed E-state index contributed by atoms with van der Waals surface area (Å²) in [4.78, 5) is 39.3. The van der Waals surface area contributed by atoms with Crippen molar-refractivity contribution in [1.29, 1.82) is 0 Å². The Balaban J connectivity index is 1.64. The third kappa shape index (κ3) is 3.74. The molecular weight excluding hydrogens is 342 g/mol. The van der Waals surface area contributed by atoms with Crippen LogP contribution in [0.1, 0.15) is 45.1 Å². The van der Waals surface area contributed by atoms with Gasteiger partial charge in [0, 0.05) is 6.54 Å². The molecule has 0 radical (unpaired) electrons. The van der Waals surface area contributed by atoms with E-state index in [1.807, 2.05) is 11.4 Å². The lowest BCUT2D eigenvalue weighted by Gasteiger charge is -2.34. The van der Waals surface area contributed by atoms with E-state index < -0.39 is 11.9 Å². The molecule has 0 saturated carbocycles. The molecule has 7 nitrogen and oxygen atoms in total. The number of hydrogen-bond donors (Lipinski definition) is 2. The van der Waals surface area contributed by atoms with E-state index in [0.717, 1.165) is 12.8 Å². The third-order valence-electron chi connectivity index (χ3n) is 4.20. The van der Waals surface area contributed by atoms with Crippen LogP contribution in [0.2, 0.25) is 0 Å². The van der Waals surface area contributed by atoms with Crippen molar-refractivity contribution in [2.24, 2.45) is 0 Å². The first-order valence-electron chi connectivity index (χ1n) is 8.06. The molecule has 2 aromatic rings. The van der Waals surface area contributed by atoms with E-state index in [4.69, 9.17) is 4.42 Å². The number of hydrogen-bond acceptors (Lipinski definition) is 5. The maximum atomic E-state index is 12.6. The molecule has 2 N–H and O–H groups in total. The number of rotatable bonds is 3. The van der Waals surface area contributed by atoms with Gasteiger partial charge in [0.05, 0.1) is 16.7 Å². The van der Waals surface area contributed by atoms with Gasteiger partial charge in [-0.15, -0.1) is 11.3 Å². The molecule has 25 heavy (non-hydrogen) atoms. The van der Waals surface area contributed by atoms with Crippen molar-refractivity contribution in [3.63, 3.8) is 0 Å². The summed E-state index contributed by atoms with van der Waals surface area (Å²) < 4.78 is 5.07. The summed E-state index contributed by atoms with van der Waals surface area (Å²) in [6, 6.07) is 4.50. The molecule has 0 bridgehead atoms. The number of amides is 3. The van der Waals surface area contributed by atoms with Crippen molar-refractivity contribution in [3.05, 3.63) is 46.0 Å². The van der Waals surface area contributed by atoms with Crippen LogP contribution in [0.3, 0.4) is 0 Å². The number of aryl methyl sites for hydroxylation is 1. The molecule has 0 spiro atoms. The van der Waals surface area contributed by atoms with Gasteiger partial charge in [-0.3, -0.25) is 25.2 Å². The van der Waals surface area contributed by atoms with E-state index in [9.17, 15) is 14.4 Å². The zero-order chi connectivity index (χ0) is 17.8. The fourth-order valence-electron chi connectivity index (χ4n) is 2.88. The van der Waals surface area contributed by atoms with Crippen LogP contribution < -0.4 is 10.9 Å². The molecule has 1 aliphatic heterocycles. The molecule has 1 atom stereocenters. The Morgan fingerprint density at radius 2 is 2.08 bits per heavy atom. The first kappa shape index (κ1) is 17.2. The normalized spacial score (nSPS) is 17.2. The topological polar surface area (TPSA) is 91.7 Å². The molecule has 1 saturated heterocycles. The standard InChI is InChI=1S/C17H19N3O4S/c1-11-12(7-9-24-11)15(21)18-19-16(22)13-5-2-3-8-20(13)17(23)14-6-4-10-25-14/h4,6-7,9-10,13H,2-3,5,8H2,1H3,(H,18,21)(H,19,22). The molecule has 3 rings (SSSR count). The Labute approximate surface area is 149 Å². The molecule has 3 heterocycles. The van der Waals surface area contributed by atoms with Crippen molar-refractivity contribution in [2.45, 2.75) is 32.2 Å². The van der Waals surface area contributed by atoms with E-state index in [-0.39, 0.29) is 11.8 Å². The number of nitrogens with zero attached hydrogens (tertiary/aromatic N) is 1. The number of carbonyl (C=O) groups is 3. The lowest BCUT2D eigenvalue weighted by Crippen LogP contribution is -2.55.